The number of piperidine rings is 1. The molecule has 7 heteroatoms. The van der Waals surface area contributed by atoms with E-state index in [0.29, 0.717) is 36.7 Å². The minimum absolute atomic E-state index is 0.0855. The maximum Gasteiger partial charge on any atom is 0.257 e. The molecule has 0 aromatic heterocycles. The molecule has 1 atom stereocenters. The topological polar surface area (TPSA) is 75.7 Å². The molecule has 1 aliphatic heterocycles. The lowest BCUT2D eigenvalue weighted by molar-refractivity contribution is 0.0693. The van der Waals surface area contributed by atoms with Crippen LogP contribution in [0.25, 0.3) is 0 Å². The molecular formula is C18H28N2O4S. The average molecular weight is 368 g/mol. The van der Waals surface area contributed by atoms with Gasteiger partial charge in [-0.3, -0.25) is 4.79 Å². The highest BCUT2D eigenvalue weighted by Crippen LogP contribution is 2.26. The minimum atomic E-state index is -3.67. The summed E-state index contributed by atoms with van der Waals surface area (Å²) >= 11 is 0. The number of rotatable bonds is 6. The summed E-state index contributed by atoms with van der Waals surface area (Å²) in [4.78, 5) is 14.7. The molecule has 2 rings (SSSR count). The molecular weight excluding hydrogens is 340 g/mol. The second-order valence-corrected chi connectivity index (χ2v) is 8.48. The van der Waals surface area contributed by atoms with Gasteiger partial charge in [0.15, 0.2) is 0 Å². The third-order valence-corrected chi connectivity index (χ3v) is 6.34. The van der Waals surface area contributed by atoms with Crippen LogP contribution in [0.3, 0.4) is 0 Å². The average Bonchev–Trinajstić information content (AvgIpc) is 2.60. The van der Waals surface area contributed by atoms with Crippen molar-refractivity contribution in [3.63, 3.8) is 0 Å². The molecule has 1 aliphatic rings. The van der Waals surface area contributed by atoms with Crippen LogP contribution in [-0.2, 0) is 10.0 Å². The van der Waals surface area contributed by atoms with Crippen molar-refractivity contribution in [2.24, 2.45) is 5.92 Å². The van der Waals surface area contributed by atoms with Gasteiger partial charge in [-0.1, -0.05) is 13.8 Å². The summed E-state index contributed by atoms with van der Waals surface area (Å²) in [7, 11) is -2.19. The molecule has 0 spiro atoms. The number of nitrogens with one attached hydrogen (secondary N) is 1. The molecule has 1 saturated heterocycles. The fourth-order valence-electron chi connectivity index (χ4n) is 2.82. The maximum atomic E-state index is 12.9. The van der Waals surface area contributed by atoms with Gasteiger partial charge in [-0.2, -0.15) is 0 Å². The normalized spacial score (nSPS) is 17.4. The van der Waals surface area contributed by atoms with Gasteiger partial charge in [0.05, 0.1) is 17.6 Å². The first kappa shape index (κ1) is 19.7. The summed E-state index contributed by atoms with van der Waals surface area (Å²) < 4.78 is 32.9. The highest BCUT2D eigenvalue weighted by Gasteiger charge is 2.26. The van der Waals surface area contributed by atoms with E-state index in [2.05, 4.69) is 11.6 Å². The van der Waals surface area contributed by atoms with Gasteiger partial charge in [-0.25, -0.2) is 13.1 Å². The minimum Gasteiger partial charge on any atom is -0.496 e. The molecule has 1 amide bonds. The zero-order valence-corrected chi connectivity index (χ0v) is 16.2. The Morgan fingerprint density at radius 1 is 1.36 bits per heavy atom. The van der Waals surface area contributed by atoms with Gasteiger partial charge in [0.25, 0.3) is 5.91 Å². The zero-order valence-electron chi connectivity index (χ0n) is 15.4. The van der Waals surface area contributed by atoms with Crippen LogP contribution in [0, 0.1) is 5.92 Å². The largest absolute Gasteiger partial charge is 0.496 e. The molecule has 0 bridgehead atoms. The van der Waals surface area contributed by atoms with Gasteiger partial charge in [0.2, 0.25) is 10.0 Å². The summed E-state index contributed by atoms with van der Waals surface area (Å²) in [6.45, 7) is 7.27. The number of carbonyl (C=O) groups is 1. The summed E-state index contributed by atoms with van der Waals surface area (Å²) in [6.07, 6.45) is 2.61. The summed E-state index contributed by atoms with van der Waals surface area (Å²) in [5, 5.41) is 0. The van der Waals surface area contributed by atoms with Crippen LogP contribution in [0.5, 0.6) is 5.75 Å². The van der Waals surface area contributed by atoms with Crippen LogP contribution < -0.4 is 9.46 Å². The Morgan fingerprint density at radius 3 is 2.56 bits per heavy atom. The fraction of sp³-hybridized carbons (Fsp3) is 0.611. The molecule has 0 radical (unpaired) electrons. The van der Waals surface area contributed by atoms with Crippen LogP contribution in [0.15, 0.2) is 23.1 Å². The van der Waals surface area contributed by atoms with Crippen LogP contribution >= 0.6 is 0 Å². The van der Waals surface area contributed by atoms with Gasteiger partial charge in [0, 0.05) is 19.1 Å². The molecule has 1 heterocycles. The molecule has 1 N–H and O–H groups in total. The van der Waals surface area contributed by atoms with E-state index in [1.54, 1.807) is 11.0 Å². The van der Waals surface area contributed by atoms with Crippen molar-refractivity contribution in [3.05, 3.63) is 23.8 Å². The lowest BCUT2D eigenvalue weighted by atomic mass is 9.98. The Bertz CT molecular complexity index is 710. The first-order valence-electron chi connectivity index (χ1n) is 8.78. The first-order valence-corrected chi connectivity index (χ1v) is 10.3. The van der Waals surface area contributed by atoms with Crippen LogP contribution in [0.1, 0.15) is 50.4 Å². The van der Waals surface area contributed by atoms with Gasteiger partial charge in [0.1, 0.15) is 5.75 Å². The third kappa shape index (κ3) is 4.73. The number of sulfonamides is 1. The lowest BCUT2D eigenvalue weighted by Crippen LogP contribution is -2.38. The Hall–Kier alpha value is -1.60. The van der Waals surface area contributed by atoms with Crippen molar-refractivity contribution in [2.75, 3.05) is 20.2 Å². The van der Waals surface area contributed by atoms with E-state index in [1.807, 2.05) is 13.8 Å². The van der Waals surface area contributed by atoms with Crippen LogP contribution in [0.2, 0.25) is 0 Å². The molecule has 6 nitrogen and oxygen atoms in total. The SMILES string of the molecule is CC[C@H](C)NS(=O)(=O)c1ccc(OC)c(C(=O)N2CCC(C)CC2)c1. The number of carbonyl (C=O) groups excluding carboxylic acids is 1. The Labute approximate surface area is 150 Å². The second kappa shape index (κ2) is 8.19. The van der Waals surface area contributed by atoms with Crippen molar-refractivity contribution >= 4 is 15.9 Å². The number of benzene rings is 1. The van der Waals surface area contributed by atoms with E-state index in [1.165, 1.54) is 19.2 Å². The number of hydrogen-bond acceptors (Lipinski definition) is 4. The Morgan fingerprint density at radius 2 is 2.00 bits per heavy atom. The van der Waals surface area contributed by atoms with Crippen molar-refractivity contribution in [3.8, 4) is 5.75 Å². The number of ether oxygens (including phenoxy) is 1. The van der Waals surface area contributed by atoms with E-state index in [-0.39, 0.29) is 16.8 Å². The van der Waals surface area contributed by atoms with Crippen molar-refractivity contribution in [2.45, 2.75) is 51.0 Å². The summed E-state index contributed by atoms with van der Waals surface area (Å²) in [6, 6.07) is 4.27. The molecule has 1 aromatic rings. The second-order valence-electron chi connectivity index (χ2n) is 6.77. The van der Waals surface area contributed by atoms with Gasteiger partial charge in [-0.15, -0.1) is 0 Å². The summed E-state index contributed by atoms with van der Waals surface area (Å²) in [5.41, 5.74) is 0.295. The number of amides is 1. The molecule has 0 saturated carbocycles. The van der Waals surface area contributed by atoms with Gasteiger partial charge < -0.3 is 9.64 Å². The highest BCUT2D eigenvalue weighted by atomic mass is 32.2. The van der Waals surface area contributed by atoms with Gasteiger partial charge in [-0.05, 0) is 50.3 Å². The number of hydrogen-bond donors (Lipinski definition) is 1. The first-order chi connectivity index (χ1) is 11.8. The predicted octanol–water partition coefficient (Wildman–Crippen LogP) is 2.64. The van der Waals surface area contributed by atoms with E-state index in [4.69, 9.17) is 4.74 Å². The molecule has 140 valence electrons. The smallest absolute Gasteiger partial charge is 0.257 e. The van der Waals surface area contributed by atoms with E-state index in [0.717, 1.165) is 12.8 Å². The number of methoxy groups -OCH3 is 1. The van der Waals surface area contributed by atoms with Crippen LogP contribution in [0.4, 0.5) is 0 Å². The standard InChI is InChI=1S/C18H28N2O4S/c1-5-14(3)19-25(22,23)15-6-7-17(24-4)16(12-15)18(21)20-10-8-13(2)9-11-20/h6-7,12-14,19H,5,8-11H2,1-4H3/t14-/m0/s1. The maximum absolute atomic E-state index is 12.9. The van der Waals surface area contributed by atoms with E-state index in [9.17, 15) is 13.2 Å². The van der Waals surface area contributed by atoms with E-state index >= 15 is 0 Å². The Balaban J connectivity index is 2.32. The monoisotopic (exact) mass is 368 g/mol. The third-order valence-electron chi connectivity index (χ3n) is 4.75. The van der Waals surface area contributed by atoms with E-state index < -0.39 is 10.0 Å². The Kier molecular flexibility index (Phi) is 6.46. The highest BCUT2D eigenvalue weighted by molar-refractivity contribution is 7.89. The fourth-order valence-corrected chi connectivity index (χ4v) is 4.17. The molecule has 0 unspecified atom stereocenters. The van der Waals surface area contributed by atoms with Crippen molar-refractivity contribution in [1.29, 1.82) is 0 Å². The summed E-state index contributed by atoms with van der Waals surface area (Å²) in [5.74, 6) is 0.827. The zero-order chi connectivity index (χ0) is 18.6. The van der Waals surface area contributed by atoms with Crippen molar-refractivity contribution in [1.82, 2.24) is 9.62 Å². The molecule has 0 aliphatic carbocycles. The van der Waals surface area contributed by atoms with Crippen molar-refractivity contribution < 1.29 is 17.9 Å². The lowest BCUT2D eigenvalue weighted by Gasteiger charge is -2.30. The molecule has 1 fully saturated rings. The van der Waals surface area contributed by atoms with Gasteiger partial charge >= 0.3 is 0 Å². The quantitative estimate of drug-likeness (QED) is 0.837. The molecule has 25 heavy (non-hydrogen) atoms. The number of likely N-dealkylation sites (tertiary alicyclic amines) is 1. The predicted molar refractivity (Wildman–Crippen MR) is 97.4 cm³/mol. The molecule has 1 aromatic carbocycles. The van der Waals surface area contributed by atoms with Crippen LogP contribution in [-0.4, -0.2) is 45.5 Å². The number of nitrogens with zero attached hydrogens (tertiary/aromatic N) is 1.